The number of ether oxygens (including phenoxy) is 2. The third-order valence-electron chi connectivity index (χ3n) is 5.84. The summed E-state index contributed by atoms with van der Waals surface area (Å²) < 4.78 is 18.5. The molecule has 3 aromatic rings. The van der Waals surface area contributed by atoms with Crippen molar-refractivity contribution in [2.45, 2.75) is 44.9 Å². The maximum atomic E-state index is 7.14. The highest BCUT2D eigenvalue weighted by molar-refractivity contribution is 6.99. The summed E-state index contributed by atoms with van der Waals surface area (Å²) in [6.45, 7) is 7.73. The van der Waals surface area contributed by atoms with Gasteiger partial charge in [0.1, 0.15) is 5.75 Å². The Morgan fingerprint density at radius 1 is 0.848 bits per heavy atom. The largest absolute Gasteiger partial charge is 0.497 e. The van der Waals surface area contributed by atoms with E-state index in [9.17, 15) is 0 Å². The van der Waals surface area contributed by atoms with E-state index >= 15 is 0 Å². The Hall–Kier alpha value is -2.84. The van der Waals surface area contributed by atoms with E-state index in [0.717, 1.165) is 11.3 Å². The van der Waals surface area contributed by atoms with E-state index in [1.54, 1.807) is 7.11 Å². The zero-order valence-electron chi connectivity index (χ0n) is 20.1. The Labute approximate surface area is 199 Å². The molecule has 0 saturated carbocycles. The van der Waals surface area contributed by atoms with E-state index in [4.69, 9.17) is 20.3 Å². The van der Waals surface area contributed by atoms with Gasteiger partial charge in [0.05, 0.1) is 26.4 Å². The summed E-state index contributed by atoms with van der Waals surface area (Å²) in [6.07, 6.45) is 6.05. The Morgan fingerprint density at radius 3 is 1.85 bits per heavy atom. The van der Waals surface area contributed by atoms with Crippen molar-refractivity contribution in [3.8, 4) is 18.1 Å². The molecule has 0 radical (unpaired) electrons. The summed E-state index contributed by atoms with van der Waals surface area (Å²) in [7, 11) is -1.02. The van der Waals surface area contributed by atoms with Gasteiger partial charge in [-0.05, 0) is 33.1 Å². The van der Waals surface area contributed by atoms with Gasteiger partial charge in [-0.3, -0.25) is 0 Å². The molecule has 3 nitrogen and oxygen atoms in total. The van der Waals surface area contributed by atoms with Gasteiger partial charge in [0.15, 0.2) is 0 Å². The van der Waals surface area contributed by atoms with E-state index in [2.05, 4.69) is 75.2 Å². The van der Waals surface area contributed by atoms with Crippen LogP contribution >= 0.6 is 0 Å². The van der Waals surface area contributed by atoms with Crippen molar-refractivity contribution < 1.29 is 13.9 Å². The molecule has 0 aliphatic heterocycles. The van der Waals surface area contributed by atoms with Gasteiger partial charge >= 0.3 is 0 Å². The van der Waals surface area contributed by atoms with Gasteiger partial charge in [-0.15, -0.1) is 12.3 Å². The van der Waals surface area contributed by atoms with Crippen molar-refractivity contribution in [2.24, 2.45) is 0 Å². The van der Waals surface area contributed by atoms with Crippen molar-refractivity contribution >= 4 is 18.7 Å². The van der Waals surface area contributed by atoms with Crippen LogP contribution in [0.1, 0.15) is 32.8 Å². The lowest BCUT2D eigenvalue weighted by molar-refractivity contribution is 0.0387. The number of methoxy groups -OCH3 is 1. The molecule has 172 valence electrons. The van der Waals surface area contributed by atoms with Crippen molar-refractivity contribution in [1.29, 1.82) is 0 Å². The highest BCUT2D eigenvalue weighted by Crippen LogP contribution is 2.37. The van der Waals surface area contributed by atoms with Crippen LogP contribution in [-0.4, -0.2) is 28.1 Å². The van der Waals surface area contributed by atoms with Crippen LogP contribution in [0.3, 0.4) is 0 Å². The number of benzene rings is 3. The fourth-order valence-electron chi connectivity index (χ4n) is 4.24. The maximum Gasteiger partial charge on any atom is 0.261 e. The molecule has 0 unspecified atom stereocenters. The van der Waals surface area contributed by atoms with Gasteiger partial charge in [-0.1, -0.05) is 93.6 Å². The van der Waals surface area contributed by atoms with Gasteiger partial charge < -0.3 is 13.9 Å². The van der Waals surface area contributed by atoms with Crippen molar-refractivity contribution in [3.63, 3.8) is 0 Å². The third-order valence-corrected chi connectivity index (χ3v) is 10.9. The smallest absolute Gasteiger partial charge is 0.261 e. The standard InChI is InChI=1S/C29H34O3Si/c1-6-13-26(23-31-22-24-18-20-25(30-5)21-19-24)32-33(29(2,3)4,27-14-9-7-10-15-27)28-16-11-8-12-17-28/h1,7-12,14-21,26H,13,22-23H2,2-5H3/t26-/m1/s1. The second-order valence-electron chi connectivity index (χ2n) is 9.17. The highest BCUT2D eigenvalue weighted by atomic mass is 28.4. The highest BCUT2D eigenvalue weighted by Gasteiger charge is 2.51. The van der Waals surface area contributed by atoms with Crippen LogP contribution < -0.4 is 15.1 Å². The lowest BCUT2D eigenvalue weighted by Crippen LogP contribution is -2.68. The monoisotopic (exact) mass is 458 g/mol. The van der Waals surface area contributed by atoms with Gasteiger partial charge in [-0.2, -0.15) is 0 Å². The molecule has 1 atom stereocenters. The molecule has 3 aromatic carbocycles. The minimum atomic E-state index is -2.68. The van der Waals surface area contributed by atoms with E-state index in [-0.39, 0.29) is 11.1 Å². The summed E-state index contributed by atoms with van der Waals surface area (Å²) in [6, 6.07) is 29.1. The van der Waals surface area contributed by atoms with Gasteiger partial charge in [0, 0.05) is 6.42 Å². The summed E-state index contributed by atoms with van der Waals surface area (Å²) in [5, 5.41) is 2.36. The predicted octanol–water partition coefficient (Wildman–Crippen LogP) is 5.18. The first-order chi connectivity index (χ1) is 15.9. The molecule has 0 aliphatic carbocycles. The van der Waals surface area contributed by atoms with Crippen LogP contribution in [0.4, 0.5) is 0 Å². The second kappa shape index (κ2) is 11.3. The minimum absolute atomic E-state index is 0.113. The lowest BCUT2D eigenvalue weighted by atomic mass is 10.2. The molecule has 4 heteroatoms. The topological polar surface area (TPSA) is 27.7 Å². The number of rotatable bonds is 10. The van der Waals surface area contributed by atoms with Crippen molar-refractivity contribution in [1.82, 2.24) is 0 Å². The minimum Gasteiger partial charge on any atom is -0.497 e. The Balaban J connectivity index is 1.89. The number of terminal acetylenes is 1. The molecule has 0 saturated heterocycles. The zero-order valence-corrected chi connectivity index (χ0v) is 21.1. The summed E-state index contributed by atoms with van der Waals surface area (Å²) in [4.78, 5) is 0. The predicted molar refractivity (Wildman–Crippen MR) is 139 cm³/mol. The molecule has 0 bridgehead atoms. The quantitative estimate of drug-likeness (QED) is 0.309. The first-order valence-electron chi connectivity index (χ1n) is 11.3. The molecule has 0 aromatic heterocycles. The zero-order chi connectivity index (χ0) is 23.7. The fraction of sp³-hybridized carbons (Fsp3) is 0.310. The summed E-state index contributed by atoms with van der Waals surface area (Å²) in [5.74, 6) is 3.64. The molecule has 0 heterocycles. The van der Waals surface area contributed by atoms with Crippen LogP contribution in [0.25, 0.3) is 0 Å². The third kappa shape index (κ3) is 5.94. The van der Waals surface area contributed by atoms with Crippen LogP contribution in [0.2, 0.25) is 5.04 Å². The molecular weight excluding hydrogens is 424 g/mol. The maximum absolute atomic E-state index is 7.14. The molecule has 0 aliphatic rings. The van der Waals surface area contributed by atoms with Crippen molar-refractivity contribution in [3.05, 3.63) is 90.5 Å². The van der Waals surface area contributed by atoms with Crippen LogP contribution in [0.15, 0.2) is 84.9 Å². The van der Waals surface area contributed by atoms with Gasteiger partial charge in [0.2, 0.25) is 0 Å². The fourth-order valence-corrected chi connectivity index (χ4v) is 8.90. The second-order valence-corrected chi connectivity index (χ2v) is 13.4. The number of hydrogen-bond donors (Lipinski definition) is 0. The molecule has 3 rings (SSSR count). The molecular formula is C29H34O3Si. The Bertz CT molecular complexity index is 979. The normalized spacial score (nSPS) is 12.7. The Kier molecular flexibility index (Phi) is 8.52. The molecule has 0 spiro atoms. The first kappa shape index (κ1) is 24.8. The average Bonchev–Trinajstić information content (AvgIpc) is 2.83. The summed E-state index contributed by atoms with van der Waals surface area (Å²) >= 11 is 0. The van der Waals surface area contributed by atoms with Crippen LogP contribution in [0.5, 0.6) is 5.75 Å². The Morgan fingerprint density at radius 2 is 1.39 bits per heavy atom. The van der Waals surface area contributed by atoms with Gasteiger partial charge in [-0.25, -0.2) is 0 Å². The van der Waals surface area contributed by atoms with Crippen LogP contribution in [0, 0.1) is 12.3 Å². The molecule has 0 fully saturated rings. The van der Waals surface area contributed by atoms with E-state index in [0.29, 0.717) is 19.6 Å². The van der Waals surface area contributed by atoms with E-state index in [1.165, 1.54) is 10.4 Å². The lowest BCUT2D eigenvalue weighted by Gasteiger charge is -2.45. The molecule has 0 N–H and O–H groups in total. The van der Waals surface area contributed by atoms with Crippen molar-refractivity contribution in [2.75, 3.05) is 13.7 Å². The molecule has 33 heavy (non-hydrogen) atoms. The summed E-state index contributed by atoms with van der Waals surface area (Å²) in [5.41, 5.74) is 1.08. The average molecular weight is 459 g/mol. The SMILES string of the molecule is C#CC[C@H](COCc1ccc(OC)cc1)O[Si](c1ccccc1)(c1ccccc1)C(C)(C)C. The first-order valence-corrected chi connectivity index (χ1v) is 13.2. The van der Waals surface area contributed by atoms with Gasteiger partial charge in [0.25, 0.3) is 8.32 Å². The van der Waals surface area contributed by atoms with E-state index < -0.39 is 8.32 Å². The van der Waals surface area contributed by atoms with Crippen LogP contribution in [-0.2, 0) is 15.8 Å². The van der Waals surface area contributed by atoms with E-state index in [1.807, 2.05) is 36.4 Å². The number of hydrogen-bond acceptors (Lipinski definition) is 3. The molecule has 0 amide bonds.